The fourth-order valence-corrected chi connectivity index (χ4v) is 3.01. The van der Waals surface area contributed by atoms with Gasteiger partial charge in [-0.25, -0.2) is 0 Å². The Hall–Kier alpha value is -2.89. The van der Waals surface area contributed by atoms with Gasteiger partial charge in [-0.3, -0.25) is 4.90 Å². The summed E-state index contributed by atoms with van der Waals surface area (Å²) in [7, 11) is 0. The van der Waals surface area contributed by atoms with Crippen molar-refractivity contribution in [3.05, 3.63) is 108 Å². The third kappa shape index (κ3) is 5.04. The van der Waals surface area contributed by atoms with Gasteiger partial charge in [0.05, 0.1) is 6.07 Å². The Labute approximate surface area is 150 Å². The van der Waals surface area contributed by atoms with Gasteiger partial charge in [0.25, 0.3) is 0 Å². The molecule has 0 aliphatic heterocycles. The molecule has 0 saturated carbocycles. The van der Waals surface area contributed by atoms with Crippen molar-refractivity contribution in [2.75, 3.05) is 0 Å². The minimum absolute atomic E-state index is 0.164. The first kappa shape index (κ1) is 17.0. The van der Waals surface area contributed by atoms with Gasteiger partial charge in [-0.1, -0.05) is 91.0 Å². The molecule has 0 N–H and O–H groups in total. The molecule has 3 rings (SSSR count). The van der Waals surface area contributed by atoms with Crippen molar-refractivity contribution in [3.8, 4) is 6.07 Å². The van der Waals surface area contributed by atoms with E-state index in [1.807, 2.05) is 30.3 Å². The van der Waals surface area contributed by atoms with Crippen LogP contribution in [0.3, 0.4) is 0 Å². The molecule has 0 fully saturated rings. The van der Waals surface area contributed by atoms with E-state index in [0.29, 0.717) is 0 Å². The van der Waals surface area contributed by atoms with Crippen LogP contribution < -0.4 is 0 Å². The van der Waals surface area contributed by atoms with Crippen LogP contribution in [0.1, 0.15) is 16.7 Å². The van der Waals surface area contributed by atoms with E-state index in [4.69, 9.17) is 0 Å². The number of nitriles is 1. The van der Waals surface area contributed by atoms with Crippen LogP contribution in [-0.2, 0) is 19.5 Å². The molecule has 0 aliphatic rings. The van der Waals surface area contributed by atoms with Crippen molar-refractivity contribution >= 4 is 0 Å². The average Bonchev–Trinajstić information content (AvgIpc) is 2.68. The molecule has 1 atom stereocenters. The lowest BCUT2D eigenvalue weighted by molar-refractivity contribution is 0.214. The molecule has 2 heteroatoms. The molecule has 0 heterocycles. The van der Waals surface area contributed by atoms with E-state index in [1.54, 1.807) is 0 Å². The van der Waals surface area contributed by atoms with E-state index in [9.17, 15) is 5.26 Å². The van der Waals surface area contributed by atoms with Crippen molar-refractivity contribution in [3.63, 3.8) is 0 Å². The van der Waals surface area contributed by atoms with Crippen molar-refractivity contribution in [2.24, 2.45) is 0 Å². The second kappa shape index (κ2) is 8.82. The van der Waals surface area contributed by atoms with E-state index < -0.39 is 0 Å². The minimum Gasteiger partial charge on any atom is -0.279 e. The van der Waals surface area contributed by atoms with Crippen LogP contribution in [0.5, 0.6) is 0 Å². The molecular formula is C23H22N2. The van der Waals surface area contributed by atoms with Crippen LogP contribution in [0.4, 0.5) is 0 Å². The lowest BCUT2D eigenvalue weighted by Gasteiger charge is -2.27. The van der Waals surface area contributed by atoms with Crippen LogP contribution in [0.25, 0.3) is 0 Å². The summed E-state index contributed by atoms with van der Waals surface area (Å²) in [6.45, 7) is 1.53. The Balaban J connectivity index is 1.81. The Bertz CT molecular complexity index is 750. The standard InChI is InChI=1S/C23H22N2/c24-17-23(16-20-10-4-1-5-11-20)25(18-21-12-6-2-7-13-21)19-22-14-8-3-9-15-22/h1-15,23H,16,18-19H2. The zero-order chi connectivity index (χ0) is 17.3. The fourth-order valence-electron chi connectivity index (χ4n) is 3.01. The van der Waals surface area contributed by atoms with Gasteiger partial charge in [-0.05, 0) is 16.7 Å². The molecule has 2 nitrogen and oxygen atoms in total. The highest BCUT2D eigenvalue weighted by Crippen LogP contribution is 2.16. The Morgan fingerprint density at radius 2 is 1.04 bits per heavy atom. The van der Waals surface area contributed by atoms with Crippen molar-refractivity contribution in [1.82, 2.24) is 4.90 Å². The monoisotopic (exact) mass is 326 g/mol. The van der Waals surface area contributed by atoms with Gasteiger partial charge in [0.1, 0.15) is 6.04 Å². The molecule has 0 aliphatic carbocycles. The second-order valence-corrected chi connectivity index (χ2v) is 6.21. The van der Waals surface area contributed by atoms with Crippen molar-refractivity contribution < 1.29 is 0 Å². The summed E-state index contributed by atoms with van der Waals surface area (Å²) in [6, 6.07) is 33.3. The van der Waals surface area contributed by atoms with Gasteiger partial charge in [0, 0.05) is 19.5 Å². The number of hydrogen-bond acceptors (Lipinski definition) is 2. The maximum absolute atomic E-state index is 9.82. The summed E-state index contributed by atoms with van der Waals surface area (Å²) >= 11 is 0. The van der Waals surface area contributed by atoms with Crippen LogP contribution in [0.2, 0.25) is 0 Å². The smallest absolute Gasteiger partial charge is 0.102 e. The maximum Gasteiger partial charge on any atom is 0.102 e. The lowest BCUT2D eigenvalue weighted by Crippen LogP contribution is -2.35. The first-order chi connectivity index (χ1) is 12.3. The van der Waals surface area contributed by atoms with E-state index in [1.165, 1.54) is 16.7 Å². The Morgan fingerprint density at radius 1 is 0.640 bits per heavy atom. The molecule has 0 bridgehead atoms. The zero-order valence-corrected chi connectivity index (χ0v) is 14.3. The summed E-state index contributed by atoms with van der Waals surface area (Å²) < 4.78 is 0. The largest absolute Gasteiger partial charge is 0.279 e. The Morgan fingerprint density at radius 3 is 1.44 bits per heavy atom. The molecule has 25 heavy (non-hydrogen) atoms. The highest BCUT2D eigenvalue weighted by atomic mass is 15.1. The third-order valence-electron chi connectivity index (χ3n) is 4.32. The van der Waals surface area contributed by atoms with Gasteiger partial charge in [-0.15, -0.1) is 0 Å². The van der Waals surface area contributed by atoms with E-state index >= 15 is 0 Å². The summed E-state index contributed by atoms with van der Waals surface area (Å²) in [5, 5.41) is 9.82. The Kier molecular flexibility index (Phi) is 5.98. The van der Waals surface area contributed by atoms with E-state index in [-0.39, 0.29) is 6.04 Å². The van der Waals surface area contributed by atoms with E-state index in [2.05, 4.69) is 71.6 Å². The summed E-state index contributed by atoms with van der Waals surface area (Å²) in [5.74, 6) is 0. The minimum atomic E-state index is -0.164. The molecule has 0 radical (unpaired) electrons. The van der Waals surface area contributed by atoms with Gasteiger partial charge in [0.15, 0.2) is 0 Å². The topological polar surface area (TPSA) is 27.0 Å². The molecule has 0 aromatic heterocycles. The SMILES string of the molecule is N#CC(Cc1ccccc1)N(Cc1ccccc1)Cc1ccccc1. The molecule has 0 spiro atoms. The van der Waals surface area contributed by atoms with Crippen LogP contribution in [0.15, 0.2) is 91.0 Å². The first-order valence-corrected chi connectivity index (χ1v) is 8.60. The normalized spacial score (nSPS) is 11.8. The van der Waals surface area contributed by atoms with Gasteiger partial charge in [-0.2, -0.15) is 5.26 Å². The van der Waals surface area contributed by atoms with Crippen molar-refractivity contribution in [2.45, 2.75) is 25.6 Å². The predicted molar refractivity (Wildman–Crippen MR) is 102 cm³/mol. The molecule has 3 aromatic carbocycles. The molecule has 3 aromatic rings. The van der Waals surface area contributed by atoms with Gasteiger partial charge >= 0.3 is 0 Å². The maximum atomic E-state index is 9.82. The van der Waals surface area contributed by atoms with E-state index in [0.717, 1.165) is 19.5 Å². The summed E-state index contributed by atoms with van der Waals surface area (Å²) in [4.78, 5) is 2.26. The average molecular weight is 326 g/mol. The van der Waals surface area contributed by atoms with Crippen LogP contribution >= 0.6 is 0 Å². The molecule has 0 amide bonds. The first-order valence-electron chi connectivity index (χ1n) is 8.60. The molecule has 1 unspecified atom stereocenters. The molecule has 0 saturated heterocycles. The van der Waals surface area contributed by atoms with Crippen LogP contribution in [0, 0.1) is 11.3 Å². The zero-order valence-electron chi connectivity index (χ0n) is 14.3. The highest BCUT2D eigenvalue weighted by Gasteiger charge is 2.19. The van der Waals surface area contributed by atoms with Crippen LogP contribution in [-0.4, -0.2) is 10.9 Å². The summed E-state index contributed by atoms with van der Waals surface area (Å²) in [6.07, 6.45) is 0.733. The summed E-state index contributed by atoms with van der Waals surface area (Å²) in [5.41, 5.74) is 3.65. The predicted octanol–water partition coefficient (Wildman–Crippen LogP) is 4.82. The quantitative estimate of drug-likeness (QED) is 0.622. The van der Waals surface area contributed by atoms with Gasteiger partial charge < -0.3 is 0 Å². The second-order valence-electron chi connectivity index (χ2n) is 6.21. The third-order valence-corrected chi connectivity index (χ3v) is 4.32. The van der Waals surface area contributed by atoms with Gasteiger partial charge in [0.2, 0.25) is 0 Å². The number of rotatable bonds is 7. The molecule has 124 valence electrons. The fraction of sp³-hybridized carbons (Fsp3) is 0.174. The van der Waals surface area contributed by atoms with Crippen molar-refractivity contribution in [1.29, 1.82) is 5.26 Å². The number of benzene rings is 3. The lowest BCUT2D eigenvalue weighted by atomic mass is 10.0. The highest BCUT2D eigenvalue weighted by molar-refractivity contribution is 5.21. The number of nitrogens with zero attached hydrogens (tertiary/aromatic N) is 2. The number of hydrogen-bond donors (Lipinski definition) is 0. The molecular weight excluding hydrogens is 304 g/mol.